The van der Waals surface area contributed by atoms with Crippen molar-refractivity contribution in [2.75, 3.05) is 0 Å². The van der Waals surface area contributed by atoms with Gasteiger partial charge in [0.1, 0.15) is 53.2 Å². The Morgan fingerprint density at radius 2 is 0.864 bits per heavy atom. The van der Waals surface area contributed by atoms with Crippen LogP contribution in [0, 0.1) is 35.1 Å². The van der Waals surface area contributed by atoms with E-state index in [9.17, 15) is 52.1 Å². The highest BCUT2D eigenvalue weighted by Gasteiger charge is 2.32. The molecular formula is C63H80F4N2O12. The van der Waals surface area contributed by atoms with Crippen molar-refractivity contribution in [3.63, 3.8) is 0 Å². The molecule has 2 amide bonds. The molecule has 5 rings (SSSR count). The van der Waals surface area contributed by atoms with Crippen LogP contribution in [0.3, 0.4) is 0 Å². The number of rotatable bonds is 28. The molecule has 81 heavy (non-hydrogen) atoms. The maximum Gasteiger partial charge on any atom is 0.408 e. The third-order valence-corrected chi connectivity index (χ3v) is 12.8. The fraction of sp³-hybridized carbons (Fsp3) is 0.460. The van der Waals surface area contributed by atoms with Gasteiger partial charge in [0.25, 0.3) is 0 Å². The van der Waals surface area contributed by atoms with E-state index >= 15 is 0 Å². The Labute approximate surface area is 473 Å². The maximum absolute atomic E-state index is 14.7. The molecule has 0 aromatic heterocycles. The lowest BCUT2D eigenvalue weighted by Crippen LogP contribution is -2.44. The molecule has 0 saturated carbocycles. The fourth-order valence-corrected chi connectivity index (χ4v) is 8.98. The van der Waals surface area contributed by atoms with Crippen LogP contribution in [0.4, 0.5) is 27.2 Å². The van der Waals surface area contributed by atoms with E-state index in [2.05, 4.69) is 10.6 Å². The Morgan fingerprint density at radius 1 is 0.506 bits per heavy atom. The zero-order chi connectivity index (χ0) is 59.7. The van der Waals surface area contributed by atoms with Gasteiger partial charge in [-0.25, -0.2) is 36.7 Å². The zero-order valence-electron chi connectivity index (χ0n) is 47.5. The number of carbonyl (C=O) groups is 4. The Balaban J connectivity index is 0.000000354. The van der Waals surface area contributed by atoms with Crippen molar-refractivity contribution in [3.05, 3.63) is 178 Å². The first kappa shape index (κ1) is 66.7. The van der Waals surface area contributed by atoms with Crippen molar-refractivity contribution in [3.8, 4) is 0 Å². The molecule has 14 nitrogen and oxygen atoms in total. The fourth-order valence-electron chi connectivity index (χ4n) is 8.98. The van der Waals surface area contributed by atoms with Crippen molar-refractivity contribution in [2.24, 2.45) is 11.8 Å². The Hall–Kier alpha value is -6.86. The van der Waals surface area contributed by atoms with Gasteiger partial charge in [0.05, 0.1) is 37.6 Å². The van der Waals surface area contributed by atoms with E-state index in [0.717, 1.165) is 28.8 Å². The van der Waals surface area contributed by atoms with E-state index in [0.29, 0.717) is 25.7 Å². The molecule has 0 spiro atoms. The third kappa shape index (κ3) is 25.6. The lowest BCUT2D eigenvalue weighted by atomic mass is 9.86. The zero-order valence-corrected chi connectivity index (χ0v) is 47.5. The number of carboxylic acid groups (broad SMARTS) is 1. The Kier molecular flexibility index (Phi) is 27.3. The lowest BCUT2D eigenvalue weighted by molar-refractivity contribution is -0.147. The van der Waals surface area contributed by atoms with Crippen LogP contribution < -0.4 is 10.6 Å². The van der Waals surface area contributed by atoms with Crippen LogP contribution in [-0.2, 0) is 65.9 Å². The van der Waals surface area contributed by atoms with Crippen molar-refractivity contribution in [1.29, 1.82) is 0 Å². The summed E-state index contributed by atoms with van der Waals surface area (Å²) in [7, 11) is 0. The predicted octanol–water partition coefficient (Wildman–Crippen LogP) is 12.1. The number of hydrogen-bond acceptors (Lipinski definition) is 11. The molecule has 0 unspecified atom stereocenters. The molecule has 0 radical (unpaired) electrons. The van der Waals surface area contributed by atoms with E-state index in [1.165, 1.54) is 24.3 Å². The summed E-state index contributed by atoms with van der Waals surface area (Å²) < 4.78 is 84.6. The SMILES string of the molecule is C[C@H](O)[C@H](OCc1ccccc1)[C@H](CCC[C@H](NC(=O)OC(C)(C)C)C(=O)O)Cc1ccc(F)cc1F.C[C@H](O)[C@H](OCc1ccccc1)[C@H](CCC[C@H](NC(=O)OC(C)(C)C)C(=O)OCc1ccccc1)Cc1ccc(F)cc1F. The standard InChI is InChI=1S/C35H43F2NO6.C28H37F2NO6/c1-24(39)32(42-22-25-12-7-5-8-13-25)28(20-27-18-19-29(36)21-30(27)37)16-11-17-31(38-34(41)44-35(2,3)4)33(40)43-23-26-14-9-6-10-15-26;1-18(32)25(36-17-19-9-6-5-7-10-19)21(15-20-13-14-22(29)16-23(20)30)11-8-12-24(26(33)34)31-27(35)37-28(2,3)4/h5-10,12-15,18-19,21,24,28,31-32,39H,11,16-17,20,22-23H2,1-4H3,(H,38,41);5-7,9-10,13-14,16,18,21,24-25,32H,8,11-12,15,17H2,1-4H3,(H,31,35)(H,33,34)/t24-,28+,31-,32-;18-,21+,24-,25-/m00/s1. The molecule has 0 bridgehead atoms. The Morgan fingerprint density at radius 3 is 1.21 bits per heavy atom. The van der Waals surface area contributed by atoms with Crippen LogP contribution >= 0.6 is 0 Å². The molecule has 5 N–H and O–H groups in total. The monoisotopic (exact) mass is 1130 g/mol. The molecule has 0 saturated heterocycles. The van der Waals surface area contributed by atoms with Crippen LogP contribution in [-0.4, -0.2) is 87.1 Å². The average molecular weight is 1130 g/mol. The van der Waals surface area contributed by atoms with E-state index in [1.807, 2.05) is 91.0 Å². The normalized spacial score (nSPS) is 14.5. The number of hydrogen-bond donors (Lipinski definition) is 5. The second kappa shape index (κ2) is 33.2. The minimum absolute atomic E-state index is 0.0378. The van der Waals surface area contributed by atoms with Crippen LogP contribution in [0.15, 0.2) is 127 Å². The molecule has 0 aliphatic carbocycles. The summed E-state index contributed by atoms with van der Waals surface area (Å²) in [6.45, 7) is 13.9. The average Bonchev–Trinajstić information content (AvgIpc) is 3.39. The van der Waals surface area contributed by atoms with Gasteiger partial charge in [-0.1, -0.05) is 116 Å². The molecule has 0 heterocycles. The number of aliphatic hydroxyl groups excluding tert-OH is 2. The summed E-state index contributed by atoms with van der Waals surface area (Å²) in [5, 5.41) is 35.8. The van der Waals surface area contributed by atoms with Crippen LogP contribution in [0.25, 0.3) is 0 Å². The summed E-state index contributed by atoms with van der Waals surface area (Å²) in [6, 6.07) is 32.6. The number of ether oxygens (including phenoxy) is 5. The van der Waals surface area contributed by atoms with Gasteiger partial charge < -0.3 is 49.6 Å². The first-order valence-corrected chi connectivity index (χ1v) is 27.2. The quantitative estimate of drug-likeness (QED) is 0.0181. The van der Waals surface area contributed by atoms with Gasteiger partial charge in [0.2, 0.25) is 0 Å². The first-order chi connectivity index (χ1) is 38.3. The van der Waals surface area contributed by atoms with E-state index in [1.54, 1.807) is 55.4 Å². The number of aliphatic hydroxyl groups is 2. The van der Waals surface area contributed by atoms with Gasteiger partial charge in [0.15, 0.2) is 0 Å². The molecule has 0 aliphatic heterocycles. The molecular weight excluding hydrogens is 1050 g/mol. The minimum Gasteiger partial charge on any atom is -0.480 e. The smallest absolute Gasteiger partial charge is 0.408 e. The maximum atomic E-state index is 14.7. The van der Waals surface area contributed by atoms with Gasteiger partial charge in [-0.2, -0.15) is 0 Å². The molecule has 5 aromatic carbocycles. The van der Waals surface area contributed by atoms with Gasteiger partial charge in [-0.05, 0) is 146 Å². The van der Waals surface area contributed by atoms with Crippen LogP contribution in [0.5, 0.6) is 0 Å². The van der Waals surface area contributed by atoms with Crippen LogP contribution in [0.2, 0.25) is 0 Å². The number of halogens is 4. The number of alkyl carbamates (subject to hydrolysis) is 2. The number of benzene rings is 5. The molecule has 442 valence electrons. The van der Waals surface area contributed by atoms with Gasteiger partial charge in [0, 0.05) is 12.1 Å². The first-order valence-electron chi connectivity index (χ1n) is 27.2. The number of amides is 2. The number of aliphatic carboxylic acids is 1. The molecule has 18 heteroatoms. The third-order valence-electron chi connectivity index (χ3n) is 12.8. The van der Waals surface area contributed by atoms with E-state index < -0.39 is 107 Å². The minimum atomic E-state index is -1.21. The summed E-state index contributed by atoms with van der Waals surface area (Å²) in [5.74, 6) is -5.40. The van der Waals surface area contributed by atoms with Crippen molar-refractivity contribution < 1.29 is 75.7 Å². The van der Waals surface area contributed by atoms with E-state index in [-0.39, 0.29) is 56.6 Å². The second-order valence-electron chi connectivity index (χ2n) is 22.1. The summed E-state index contributed by atoms with van der Waals surface area (Å²) >= 11 is 0. The number of carbonyl (C=O) groups excluding carboxylic acids is 3. The summed E-state index contributed by atoms with van der Waals surface area (Å²) in [4.78, 5) is 49.5. The highest BCUT2D eigenvalue weighted by atomic mass is 19.1. The van der Waals surface area contributed by atoms with E-state index in [4.69, 9.17) is 23.7 Å². The largest absolute Gasteiger partial charge is 0.480 e. The molecule has 5 aromatic rings. The molecule has 0 aliphatic rings. The number of nitrogens with one attached hydrogen (secondary N) is 2. The predicted molar refractivity (Wildman–Crippen MR) is 298 cm³/mol. The summed E-state index contributed by atoms with van der Waals surface area (Å²) in [5.41, 5.74) is 1.61. The van der Waals surface area contributed by atoms with Gasteiger partial charge in [-0.15, -0.1) is 0 Å². The Bertz CT molecular complexity index is 2690. The van der Waals surface area contributed by atoms with Crippen molar-refractivity contribution in [1.82, 2.24) is 10.6 Å². The van der Waals surface area contributed by atoms with Crippen molar-refractivity contribution >= 4 is 24.1 Å². The summed E-state index contributed by atoms with van der Waals surface area (Å²) in [6.07, 6.45) is -2.71. The lowest BCUT2D eigenvalue weighted by Gasteiger charge is -2.30. The molecule has 0 fully saturated rings. The number of carboxylic acids is 1. The highest BCUT2D eigenvalue weighted by Crippen LogP contribution is 2.29. The van der Waals surface area contributed by atoms with Gasteiger partial charge in [-0.3, -0.25) is 0 Å². The van der Waals surface area contributed by atoms with Crippen LogP contribution in [0.1, 0.15) is 122 Å². The highest BCUT2D eigenvalue weighted by molar-refractivity contribution is 5.81. The molecule has 8 atom stereocenters. The number of esters is 1. The van der Waals surface area contributed by atoms with Crippen molar-refractivity contribution in [2.45, 2.75) is 174 Å². The topological polar surface area (TPSA) is 199 Å². The second-order valence-corrected chi connectivity index (χ2v) is 22.1. The van der Waals surface area contributed by atoms with Gasteiger partial charge >= 0.3 is 24.1 Å².